The molecule has 5 amide bonds. The summed E-state index contributed by atoms with van der Waals surface area (Å²) in [4.78, 5) is 64.1. The molecule has 4 rings (SSSR count). The van der Waals surface area contributed by atoms with Gasteiger partial charge in [-0.15, -0.1) is 0 Å². The highest BCUT2D eigenvalue weighted by Crippen LogP contribution is 2.41. The van der Waals surface area contributed by atoms with Gasteiger partial charge in [-0.1, -0.05) is 51.1 Å². The minimum atomic E-state index is -1.05. The lowest BCUT2D eigenvalue weighted by Crippen LogP contribution is -2.48. The molecular weight excluding hydrogens is 662 g/mol. The third-order valence-corrected chi connectivity index (χ3v) is 8.46. The van der Waals surface area contributed by atoms with Gasteiger partial charge in [0.15, 0.2) is 0 Å². The van der Waals surface area contributed by atoms with E-state index in [4.69, 9.17) is 5.73 Å². The molecule has 0 spiro atoms. The predicted molar refractivity (Wildman–Crippen MR) is 185 cm³/mol. The van der Waals surface area contributed by atoms with Gasteiger partial charge in [-0.2, -0.15) is 0 Å². The number of halogens is 2. The first-order valence-corrected chi connectivity index (χ1v) is 16.6. The first-order valence-electron chi connectivity index (χ1n) is 16.6. The van der Waals surface area contributed by atoms with Crippen LogP contribution >= 0.6 is 0 Å². The highest BCUT2D eigenvalue weighted by Gasteiger charge is 2.37. The number of aliphatic hydroxyl groups is 1. The van der Waals surface area contributed by atoms with Crippen molar-refractivity contribution in [2.24, 2.45) is 11.1 Å². The summed E-state index contributed by atoms with van der Waals surface area (Å²) in [5, 5.41) is 15.3. The van der Waals surface area contributed by atoms with Crippen molar-refractivity contribution in [3.63, 3.8) is 0 Å². The Labute approximate surface area is 295 Å². The van der Waals surface area contributed by atoms with E-state index in [0.29, 0.717) is 17.8 Å². The second-order valence-electron chi connectivity index (χ2n) is 13.4. The molecule has 2 atom stereocenters. The minimum Gasteiger partial charge on any atom is -0.387 e. The average Bonchev–Trinajstić information content (AvgIpc) is 3.64. The molecule has 12 nitrogen and oxygen atoms in total. The largest absolute Gasteiger partial charge is 0.387 e. The maximum absolute atomic E-state index is 15.0. The van der Waals surface area contributed by atoms with Gasteiger partial charge in [0.05, 0.1) is 12.1 Å². The van der Waals surface area contributed by atoms with Crippen LogP contribution < -0.4 is 16.4 Å². The van der Waals surface area contributed by atoms with Crippen molar-refractivity contribution < 1.29 is 37.9 Å². The standard InChI is InChI=1S/C37H44F2N6O6/c1-37(2,3)35(30-19-25(27-20-26(38)9-10-28(27)39)22-43(30)21-24-7-5-4-6-8-24)45(34(50)23-46)17-13-29(40)36(51)42-16-15-41-31(47)14-18-44-32(48)11-12-33(44)49/h4-12,19-20,22,29,35,46H,13-18,21,23,40H2,1-3H3,(H,41,47)(H,42,51)/t29?,35-/m0/s1. The molecule has 1 aromatic heterocycles. The number of nitrogens with one attached hydrogen (secondary N) is 2. The number of rotatable bonds is 16. The molecule has 51 heavy (non-hydrogen) atoms. The van der Waals surface area contributed by atoms with Crippen LogP contribution in [0.1, 0.15) is 50.9 Å². The van der Waals surface area contributed by atoms with E-state index in [-0.39, 0.29) is 44.6 Å². The molecule has 0 saturated heterocycles. The molecule has 2 aromatic carbocycles. The van der Waals surface area contributed by atoms with Crippen molar-refractivity contribution in [1.82, 2.24) is 25.0 Å². The Hall–Kier alpha value is -5.21. The summed E-state index contributed by atoms with van der Waals surface area (Å²) in [7, 11) is 0. The Balaban J connectivity index is 1.47. The highest BCUT2D eigenvalue weighted by molar-refractivity contribution is 6.13. The molecule has 5 N–H and O–H groups in total. The number of carbonyl (C=O) groups excluding carboxylic acids is 5. The number of hydrogen-bond donors (Lipinski definition) is 4. The smallest absolute Gasteiger partial charge is 0.253 e. The van der Waals surface area contributed by atoms with Gasteiger partial charge in [0, 0.05) is 74.3 Å². The first kappa shape index (κ1) is 38.6. The van der Waals surface area contributed by atoms with Gasteiger partial charge in [-0.25, -0.2) is 8.78 Å². The van der Waals surface area contributed by atoms with Crippen LogP contribution in [-0.2, 0) is 30.5 Å². The van der Waals surface area contributed by atoms with Crippen LogP contribution in [-0.4, -0.2) is 87.8 Å². The number of nitrogens with two attached hydrogens (primary N) is 1. The van der Waals surface area contributed by atoms with Crippen molar-refractivity contribution >= 4 is 29.5 Å². The van der Waals surface area contributed by atoms with Crippen LogP contribution in [0.3, 0.4) is 0 Å². The van der Waals surface area contributed by atoms with Gasteiger partial charge in [0.2, 0.25) is 17.7 Å². The summed E-state index contributed by atoms with van der Waals surface area (Å²) in [6.07, 6.45) is 3.91. The molecule has 0 aliphatic carbocycles. The monoisotopic (exact) mass is 706 g/mol. The Bertz CT molecular complexity index is 1750. The second kappa shape index (κ2) is 17.1. The molecule has 0 saturated carbocycles. The molecule has 0 bridgehead atoms. The molecule has 1 aliphatic rings. The zero-order chi connectivity index (χ0) is 37.3. The number of benzene rings is 2. The van der Waals surface area contributed by atoms with Gasteiger partial charge in [-0.3, -0.25) is 28.9 Å². The van der Waals surface area contributed by atoms with E-state index in [1.165, 1.54) is 4.90 Å². The fourth-order valence-corrected chi connectivity index (χ4v) is 5.98. The summed E-state index contributed by atoms with van der Waals surface area (Å²) in [5.74, 6) is -3.71. The summed E-state index contributed by atoms with van der Waals surface area (Å²) in [6.45, 7) is 5.33. The predicted octanol–water partition coefficient (Wildman–Crippen LogP) is 2.65. The average molecular weight is 707 g/mol. The number of imide groups is 1. The van der Waals surface area contributed by atoms with Gasteiger partial charge in [0.1, 0.15) is 18.2 Å². The number of nitrogens with zero attached hydrogens (tertiary/aromatic N) is 3. The molecule has 0 radical (unpaired) electrons. The fourth-order valence-electron chi connectivity index (χ4n) is 5.98. The first-order chi connectivity index (χ1) is 24.2. The van der Waals surface area contributed by atoms with Crippen LogP contribution in [0.2, 0.25) is 0 Å². The molecule has 0 fully saturated rings. The number of amides is 5. The molecule has 1 aliphatic heterocycles. The van der Waals surface area contributed by atoms with E-state index in [1.54, 1.807) is 12.3 Å². The van der Waals surface area contributed by atoms with E-state index in [0.717, 1.165) is 40.8 Å². The van der Waals surface area contributed by atoms with Crippen LogP contribution in [0.4, 0.5) is 8.78 Å². The van der Waals surface area contributed by atoms with Gasteiger partial charge < -0.3 is 30.9 Å². The normalized spacial score (nSPS) is 14.1. The van der Waals surface area contributed by atoms with Crippen molar-refractivity contribution in [2.45, 2.75) is 52.2 Å². The summed E-state index contributed by atoms with van der Waals surface area (Å²) < 4.78 is 31.1. The third-order valence-electron chi connectivity index (χ3n) is 8.46. The van der Waals surface area contributed by atoms with Crippen molar-refractivity contribution in [1.29, 1.82) is 0 Å². The maximum Gasteiger partial charge on any atom is 0.253 e. The van der Waals surface area contributed by atoms with Crippen LogP contribution in [0.25, 0.3) is 11.1 Å². The SMILES string of the molecule is CC(C)(C)[C@H](c1cc(-c2cc(F)ccc2F)cn1Cc1ccccc1)N(CCC(N)C(=O)NCCNC(=O)CCN1C(=O)C=CC1=O)C(=O)CO. The number of hydrogen-bond acceptors (Lipinski definition) is 7. The molecule has 2 heterocycles. The Morgan fingerprint density at radius 3 is 2.27 bits per heavy atom. The van der Waals surface area contributed by atoms with Crippen LogP contribution in [0, 0.1) is 17.0 Å². The molecule has 1 unspecified atom stereocenters. The van der Waals surface area contributed by atoms with E-state index in [2.05, 4.69) is 10.6 Å². The van der Waals surface area contributed by atoms with Crippen LogP contribution in [0.5, 0.6) is 0 Å². The van der Waals surface area contributed by atoms with E-state index in [9.17, 15) is 37.9 Å². The van der Waals surface area contributed by atoms with Crippen LogP contribution in [0.15, 0.2) is 72.9 Å². The van der Waals surface area contributed by atoms with E-state index >= 15 is 0 Å². The van der Waals surface area contributed by atoms with Gasteiger partial charge in [0.25, 0.3) is 11.8 Å². The molecule has 14 heteroatoms. The summed E-state index contributed by atoms with van der Waals surface area (Å²) in [5.41, 5.74) is 7.57. The summed E-state index contributed by atoms with van der Waals surface area (Å²) >= 11 is 0. The van der Waals surface area contributed by atoms with Gasteiger partial charge in [-0.05, 0) is 41.7 Å². The van der Waals surface area contributed by atoms with Gasteiger partial charge >= 0.3 is 0 Å². The number of aromatic nitrogens is 1. The highest BCUT2D eigenvalue weighted by atomic mass is 19.1. The maximum atomic E-state index is 15.0. The third kappa shape index (κ3) is 10.2. The lowest BCUT2D eigenvalue weighted by atomic mass is 9.82. The number of carbonyl (C=O) groups is 5. The second-order valence-corrected chi connectivity index (χ2v) is 13.4. The number of aliphatic hydroxyl groups excluding tert-OH is 1. The topological polar surface area (TPSA) is 167 Å². The Morgan fingerprint density at radius 2 is 1.63 bits per heavy atom. The zero-order valence-corrected chi connectivity index (χ0v) is 28.9. The Kier molecular flexibility index (Phi) is 13.0. The molecule has 272 valence electrons. The zero-order valence-electron chi connectivity index (χ0n) is 28.9. The minimum absolute atomic E-state index is 0.0182. The fraction of sp³-hybridized carbons (Fsp3) is 0.378. The quantitative estimate of drug-likeness (QED) is 0.131. The van der Waals surface area contributed by atoms with E-state index < -0.39 is 65.3 Å². The van der Waals surface area contributed by atoms with Crippen molar-refractivity contribution in [3.05, 3.63) is 95.8 Å². The van der Waals surface area contributed by atoms with Crippen molar-refractivity contribution in [3.8, 4) is 11.1 Å². The van der Waals surface area contributed by atoms with Crippen molar-refractivity contribution in [2.75, 3.05) is 32.8 Å². The lowest BCUT2D eigenvalue weighted by molar-refractivity contribution is -0.140. The molecule has 3 aromatic rings. The summed E-state index contributed by atoms with van der Waals surface area (Å²) in [6, 6.07) is 12.7. The van der Waals surface area contributed by atoms with E-state index in [1.807, 2.05) is 55.7 Å². The Morgan fingerprint density at radius 1 is 0.961 bits per heavy atom. The molecular formula is C37H44F2N6O6. The lowest BCUT2D eigenvalue weighted by Gasteiger charge is -2.41.